The zero-order chi connectivity index (χ0) is 16.8. The molecule has 0 aromatic rings. The van der Waals surface area contributed by atoms with Crippen molar-refractivity contribution in [1.82, 2.24) is 4.90 Å². The molecule has 3 amide bonds. The second-order valence-electron chi connectivity index (χ2n) is 5.60. The molecule has 0 saturated carbocycles. The van der Waals surface area contributed by atoms with Crippen molar-refractivity contribution in [2.24, 2.45) is 20.7 Å². The third-order valence-corrected chi connectivity index (χ3v) is 4.02. The number of fused-ring (bicyclic) bond motifs is 1. The van der Waals surface area contributed by atoms with E-state index in [9.17, 15) is 19.8 Å². The fourth-order valence-corrected chi connectivity index (χ4v) is 3.13. The molecular formula is C13H17N5O5. The monoisotopic (exact) mass is 323 g/mol. The molecular weight excluding hydrogens is 306 g/mol. The van der Waals surface area contributed by atoms with E-state index >= 15 is 0 Å². The van der Waals surface area contributed by atoms with E-state index in [0.29, 0.717) is 12.8 Å². The number of urea groups is 1. The van der Waals surface area contributed by atoms with Gasteiger partial charge in [-0.05, 0) is 6.42 Å². The molecule has 1 fully saturated rings. The number of carbonyl (C=O) groups is 2. The van der Waals surface area contributed by atoms with E-state index in [4.69, 9.17) is 10.5 Å². The van der Waals surface area contributed by atoms with Crippen LogP contribution in [0.3, 0.4) is 0 Å². The van der Waals surface area contributed by atoms with Crippen LogP contribution in [0.1, 0.15) is 26.2 Å². The van der Waals surface area contributed by atoms with E-state index in [1.807, 2.05) is 6.92 Å². The minimum absolute atomic E-state index is 0.0215. The first kappa shape index (κ1) is 15.7. The third kappa shape index (κ3) is 2.35. The van der Waals surface area contributed by atoms with Crippen LogP contribution in [0.15, 0.2) is 15.0 Å². The molecule has 3 heterocycles. The minimum Gasteiger partial charge on any atom is -0.394 e. The molecule has 3 atom stereocenters. The van der Waals surface area contributed by atoms with Gasteiger partial charge in [0.25, 0.3) is 0 Å². The molecule has 4 N–H and O–H groups in total. The molecule has 3 aliphatic heterocycles. The quantitative estimate of drug-likeness (QED) is 0.588. The Morgan fingerprint density at radius 1 is 1.39 bits per heavy atom. The highest BCUT2D eigenvalue weighted by molar-refractivity contribution is 6.72. The molecule has 0 unspecified atom stereocenters. The fraction of sp³-hybridized carbons (Fsp3) is 0.615. The average molecular weight is 323 g/mol. The Bertz CT molecular complexity index is 657. The number of rotatable bonds is 4. The fourth-order valence-electron chi connectivity index (χ4n) is 3.13. The molecule has 0 spiro atoms. The van der Waals surface area contributed by atoms with Gasteiger partial charge in [0.05, 0.1) is 12.7 Å². The molecule has 124 valence electrons. The van der Waals surface area contributed by atoms with Gasteiger partial charge in [0.2, 0.25) is 5.96 Å². The Labute approximate surface area is 131 Å². The van der Waals surface area contributed by atoms with Crippen molar-refractivity contribution in [2.45, 2.75) is 44.1 Å². The number of hydrogen-bond acceptors (Lipinski definition) is 7. The molecule has 0 aromatic heterocycles. The van der Waals surface area contributed by atoms with Gasteiger partial charge in [-0.2, -0.15) is 15.0 Å². The third-order valence-electron chi connectivity index (χ3n) is 4.02. The van der Waals surface area contributed by atoms with E-state index in [1.54, 1.807) is 0 Å². The Hall–Kier alpha value is -2.17. The summed E-state index contributed by atoms with van der Waals surface area (Å²) in [6, 6.07) is -0.726. The zero-order valence-electron chi connectivity index (χ0n) is 12.5. The summed E-state index contributed by atoms with van der Waals surface area (Å²) < 4.78 is 5.78. The number of aliphatic hydroxyl groups is 2. The van der Waals surface area contributed by atoms with Crippen molar-refractivity contribution in [3.63, 3.8) is 0 Å². The normalized spacial score (nSPS) is 33.5. The van der Waals surface area contributed by atoms with Crippen molar-refractivity contribution in [1.29, 1.82) is 0 Å². The number of nitrogens with zero attached hydrogens (tertiary/aromatic N) is 4. The second kappa shape index (κ2) is 5.48. The topological polar surface area (TPSA) is 150 Å². The molecule has 0 aliphatic carbocycles. The zero-order valence-corrected chi connectivity index (χ0v) is 12.5. The molecule has 0 radical (unpaired) electrons. The Kier molecular flexibility index (Phi) is 3.74. The molecule has 1 saturated heterocycles. The van der Waals surface area contributed by atoms with Gasteiger partial charge in [-0.15, -0.1) is 0 Å². The summed E-state index contributed by atoms with van der Waals surface area (Å²) in [4.78, 5) is 36.4. The summed E-state index contributed by atoms with van der Waals surface area (Å²) in [6.07, 6.45) is -0.697. The SMILES string of the molecule is CCC[C@]1(N2C(=O)N=C3C(=O)N=C(N)N=C32)C[C@H](O)[C@@H](CO)O1. The van der Waals surface area contributed by atoms with Crippen LogP contribution in [0.5, 0.6) is 0 Å². The van der Waals surface area contributed by atoms with Crippen molar-refractivity contribution in [3.8, 4) is 0 Å². The Balaban J connectivity index is 2.03. The lowest BCUT2D eigenvalue weighted by Crippen LogP contribution is -2.54. The summed E-state index contributed by atoms with van der Waals surface area (Å²) in [6.45, 7) is 1.49. The number of aliphatic hydroxyl groups excluding tert-OH is 2. The number of carbonyl (C=O) groups excluding carboxylic acids is 2. The van der Waals surface area contributed by atoms with Crippen LogP contribution in [-0.2, 0) is 9.53 Å². The van der Waals surface area contributed by atoms with Crippen molar-refractivity contribution in [3.05, 3.63) is 0 Å². The molecule has 23 heavy (non-hydrogen) atoms. The predicted molar refractivity (Wildman–Crippen MR) is 79.0 cm³/mol. The first-order valence-electron chi connectivity index (χ1n) is 7.29. The first-order chi connectivity index (χ1) is 10.9. The van der Waals surface area contributed by atoms with Crippen LogP contribution in [0, 0.1) is 0 Å². The van der Waals surface area contributed by atoms with Crippen LogP contribution in [0.25, 0.3) is 0 Å². The van der Waals surface area contributed by atoms with E-state index in [2.05, 4.69) is 15.0 Å². The number of nitrogens with two attached hydrogens (primary N) is 1. The van der Waals surface area contributed by atoms with E-state index in [0.717, 1.165) is 4.90 Å². The van der Waals surface area contributed by atoms with Gasteiger partial charge in [-0.1, -0.05) is 13.3 Å². The van der Waals surface area contributed by atoms with Crippen LogP contribution in [0.2, 0.25) is 0 Å². The minimum atomic E-state index is -1.24. The average Bonchev–Trinajstić information content (AvgIpc) is 2.97. The predicted octanol–water partition coefficient (Wildman–Crippen LogP) is -1.25. The number of guanidine groups is 1. The molecule has 0 aromatic carbocycles. The van der Waals surface area contributed by atoms with Gasteiger partial charge < -0.3 is 20.7 Å². The first-order valence-corrected chi connectivity index (χ1v) is 7.29. The van der Waals surface area contributed by atoms with Crippen LogP contribution < -0.4 is 5.73 Å². The molecule has 3 aliphatic rings. The lowest BCUT2D eigenvalue weighted by atomic mass is 9.99. The summed E-state index contributed by atoms with van der Waals surface area (Å²) in [7, 11) is 0. The van der Waals surface area contributed by atoms with E-state index in [1.165, 1.54) is 0 Å². The maximum Gasteiger partial charge on any atom is 0.352 e. The number of hydrogen-bond donors (Lipinski definition) is 3. The van der Waals surface area contributed by atoms with E-state index in [-0.39, 0.29) is 23.9 Å². The number of amides is 3. The van der Waals surface area contributed by atoms with Gasteiger partial charge in [0.1, 0.15) is 6.10 Å². The van der Waals surface area contributed by atoms with Gasteiger partial charge in [-0.25, -0.2) is 9.69 Å². The number of ether oxygens (including phenoxy) is 1. The Morgan fingerprint density at radius 3 is 2.74 bits per heavy atom. The smallest absolute Gasteiger partial charge is 0.352 e. The summed E-state index contributed by atoms with van der Waals surface area (Å²) in [5.74, 6) is -1.04. The molecule has 3 rings (SSSR count). The van der Waals surface area contributed by atoms with Crippen LogP contribution in [0.4, 0.5) is 4.79 Å². The molecule has 10 heteroatoms. The summed E-state index contributed by atoms with van der Waals surface area (Å²) in [5.41, 5.74) is 4.08. The number of amidine groups is 1. The standard InChI is InChI=1S/C13H17N5O5/c1-2-3-13(4-6(20)7(5-19)23-13)18-9-8(15-12(18)22)10(21)17-11(14)16-9/h6-7,19-20H,2-5H2,1H3,(H2,14,17,21)/t6-,7+,13+/m0/s1. The lowest BCUT2D eigenvalue weighted by molar-refractivity contribution is -0.120. The molecule has 10 nitrogen and oxygen atoms in total. The maximum atomic E-state index is 12.4. The van der Waals surface area contributed by atoms with Gasteiger partial charge in [0.15, 0.2) is 17.3 Å². The highest BCUT2D eigenvalue weighted by Crippen LogP contribution is 2.40. The molecule has 0 bridgehead atoms. The van der Waals surface area contributed by atoms with Crippen LogP contribution >= 0.6 is 0 Å². The largest absolute Gasteiger partial charge is 0.394 e. The maximum absolute atomic E-state index is 12.4. The lowest BCUT2D eigenvalue weighted by Gasteiger charge is -2.37. The Morgan fingerprint density at radius 2 is 2.13 bits per heavy atom. The second-order valence-corrected chi connectivity index (χ2v) is 5.60. The van der Waals surface area contributed by atoms with Crippen molar-refractivity contribution >= 4 is 29.4 Å². The van der Waals surface area contributed by atoms with Crippen LogP contribution in [-0.4, -0.2) is 69.1 Å². The highest BCUT2D eigenvalue weighted by Gasteiger charge is 2.56. The van der Waals surface area contributed by atoms with Gasteiger partial charge >= 0.3 is 11.9 Å². The summed E-state index contributed by atoms with van der Waals surface area (Å²) >= 11 is 0. The van der Waals surface area contributed by atoms with Gasteiger partial charge in [-0.3, -0.25) is 4.79 Å². The van der Waals surface area contributed by atoms with Gasteiger partial charge in [0, 0.05) is 6.42 Å². The van der Waals surface area contributed by atoms with Crippen molar-refractivity contribution < 1.29 is 24.5 Å². The summed E-state index contributed by atoms with van der Waals surface area (Å²) in [5, 5.41) is 19.4. The van der Waals surface area contributed by atoms with Crippen molar-refractivity contribution in [2.75, 3.05) is 6.61 Å². The number of aliphatic imine (C=N–C) groups is 3. The van der Waals surface area contributed by atoms with E-state index < -0.39 is 36.5 Å². The highest BCUT2D eigenvalue weighted by atomic mass is 16.6.